The highest BCUT2D eigenvalue weighted by Gasteiger charge is 2.14. The summed E-state index contributed by atoms with van der Waals surface area (Å²) in [6.07, 6.45) is 3.44. The Bertz CT molecular complexity index is 424. The molecule has 0 aliphatic carbocycles. The lowest BCUT2D eigenvalue weighted by molar-refractivity contribution is -0.655. The fourth-order valence-electron chi connectivity index (χ4n) is 2.37. The van der Waals surface area contributed by atoms with E-state index in [2.05, 4.69) is 51.2 Å². The minimum absolute atomic E-state index is 0.196. The molecule has 0 saturated carbocycles. The fraction of sp³-hybridized carbons (Fsp3) is 0.684. The summed E-state index contributed by atoms with van der Waals surface area (Å²) in [5.74, 6) is 1.03. The predicted molar refractivity (Wildman–Crippen MR) is 92.8 cm³/mol. The molecule has 0 spiro atoms. The van der Waals surface area contributed by atoms with Crippen LogP contribution < -0.4 is 10.1 Å². The standard InChI is InChI=1S/C19H33NO2/c1-16-15-17(19(2,3)4)9-10-18(16)22-14-7-6-11-20-12-8-13-21-5/h9-10,15,20H,6-8,11-14H2,1-5H3/p+1. The molecular weight excluding hydrogens is 274 g/mol. The van der Waals surface area contributed by atoms with Crippen molar-refractivity contribution in [3.8, 4) is 5.75 Å². The van der Waals surface area contributed by atoms with Gasteiger partial charge in [-0.2, -0.15) is 0 Å². The van der Waals surface area contributed by atoms with E-state index in [0.29, 0.717) is 0 Å². The van der Waals surface area contributed by atoms with E-state index in [9.17, 15) is 0 Å². The molecule has 0 amide bonds. The SMILES string of the molecule is COCCC[NH2+]CCCCOc1ccc(C(C)(C)C)cc1C. The molecule has 0 radical (unpaired) electrons. The number of aryl methyl sites for hydroxylation is 1. The molecule has 126 valence electrons. The highest BCUT2D eigenvalue weighted by Crippen LogP contribution is 2.27. The van der Waals surface area contributed by atoms with Crippen LogP contribution in [0.5, 0.6) is 5.75 Å². The molecule has 22 heavy (non-hydrogen) atoms. The lowest BCUT2D eigenvalue weighted by atomic mass is 9.86. The van der Waals surface area contributed by atoms with Crippen LogP contribution in [0.3, 0.4) is 0 Å². The smallest absolute Gasteiger partial charge is 0.122 e. The van der Waals surface area contributed by atoms with Gasteiger partial charge in [-0.3, -0.25) is 0 Å². The van der Waals surface area contributed by atoms with Crippen molar-refractivity contribution in [2.24, 2.45) is 0 Å². The van der Waals surface area contributed by atoms with Crippen molar-refractivity contribution in [2.45, 2.75) is 52.4 Å². The van der Waals surface area contributed by atoms with Crippen molar-refractivity contribution in [3.05, 3.63) is 29.3 Å². The molecule has 0 fully saturated rings. The third kappa shape index (κ3) is 7.28. The van der Waals surface area contributed by atoms with E-state index in [-0.39, 0.29) is 5.41 Å². The molecule has 0 heterocycles. The second-order valence-electron chi connectivity index (χ2n) is 7.00. The fourth-order valence-corrected chi connectivity index (χ4v) is 2.37. The Morgan fingerprint density at radius 3 is 2.36 bits per heavy atom. The highest BCUT2D eigenvalue weighted by atomic mass is 16.5. The Hall–Kier alpha value is -1.06. The number of hydrogen-bond acceptors (Lipinski definition) is 2. The van der Waals surface area contributed by atoms with Crippen molar-refractivity contribution in [1.29, 1.82) is 0 Å². The molecule has 0 atom stereocenters. The third-order valence-electron chi connectivity index (χ3n) is 3.86. The zero-order chi connectivity index (χ0) is 16.4. The summed E-state index contributed by atoms with van der Waals surface area (Å²) in [5.41, 5.74) is 2.80. The minimum Gasteiger partial charge on any atom is -0.493 e. The number of quaternary nitrogens is 1. The summed E-state index contributed by atoms with van der Waals surface area (Å²) >= 11 is 0. The molecule has 0 aliphatic rings. The van der Waals surface area contributed by atoms with Gasteiger partial charge in [-0.15, -0.1) is 0 Å². The maximum atomic E-state index is 5.92. The van der Waals surface area contributed by atoms with Crippen LogP contribution in [0, 0.1) is 6.92 Å². The van der Waals surface area contributed by atoms with Gasteiger partial charge < -0.3 is 14.8 Å². The summed E-state index contributed by atoms with van der Waals surface area (Å²) in [7, 11) is 1.76. The van der Waals surface area contributed by atoms with Gasteiger partial charge in [-0.05, 0) is 42.4 Å². The van der Waals surface area contributed by atoms with Crippen molar-refractivity contribution in [3.63, 3.8) is 0 Å². The van der Waals surface area contributed by atoms with Crippen molar-refractivity contribution < 1.29 is 14.8 Å². The Balaban J connectivity index is 2.20. The largest absolute Gasteiger partial charge is 0.493 e. The van der Waals surface area contributed by atoms with Gasteiger partial charge in [0.25, 0.3) is 0 Å². The highest BCUT2D eigenvalue weighted by molar-refractivity contribution is 5.38. The van der Waals surface area contributed by atoms with Crippen LogP contribution in [-0.4, -0.2) is 33.4 Å². The quantitative estimate of drug-likeness (QED) is 0.674. The van der Waals surface area contributed by atoms with Crippen LogP contribution in [-0.2, 0) is 10.2 Å². The van der Waals surface area contributed by atoms with Crippen LogP contribution in [0.15, 0.2) is 18.2 Å². The van der Waals surface area contributed by atoms with Crippen LogP contribution >= 0.6 is 0 Å². The Morgan fingerprint density at radius 2 is 1.73 bits per heavy atom. The first-order valence-corrected chi connectivity index (χ1v) is 8.49. The molecular formula is C19H34NO2+. The Morgan fingerprint density at radius 1 is 1.00 bits per heavy atom. The van der Waals surface area contributed by atoms with E-state index < -0.39 is 0 Å². The summed E-state index contributed by atoms with van der Waals surface area (Å²) < 4.78 is 11.0. The van der Waals surface area contributed by atoms with Gasteiger partial charge in [0.05, 0.1) is 26.3 Å². The van der Waals surface area contributed by atoms with Gasteiger partial charge in [0, 0.05) is 13.5 Å². The number of hydrogen-bond donors (Lipinski definition) is 1. The van der Waals surface area contributed by atoms with Gasteiger partial charge in [0.1, 0.15) is 5.75 Å². The predicted octanol–water partition coefficient (Wildman–Crippen LogP) is 3.05. The zero-order valence-corrected chi connectivity index (χ0v) is 15.1. The Labute approximate surface area is 136 Å². The van der Waals surface area contributed by atoms with Gasteiger partial charge >= 0.3 is 0 Å². The lowest BCUT2D eigenvalue weighted by Gasteiger charge is -2.20. The van der Waals surface area contributed by atoms with E-state index in [1.807, 2.05) is 0 Å². The number of unbranched alkanes of at least 4 members (excludes halogenated alkanes) is 1. The van der Waals surface area contributed by atoms with Crippen LogP contribution in [0.25, 0.3) is 0 Å². The third-order valence-corrected chi connectivity index (χ3v) is 3.86. The maximum Gasteiger partial charge on any atom is 0.122 e. The molecule has 1 aromatic carbocycles. The maximum absolute atomic E-state index is 5.92. The van der Waals surface area contributed by atoms with E-state index >= 15 is 0 Å². The van der Waals surface area contributed by atoms with Crippen molar-refractivity contribution >= 4 is 0 Å². The molecule has 0 aliphatic heterocycles. The van der Waals surface area contributed by atoms with E-state index in [1.54, 1.807) is 7.11 Å². The molecule has 0 saturated heterocycles. The van der Waals surface area contributed by atoms with Gasteiger partial charge in [-0.1, -0.05) is 32.9 Å². The number of methoxy groups -OCH3 is 1. The van der Waals surface area contributed by atoms with Gasteiger partial charge in [-0.25, -0.2) is 0 Å². The zero-order valence-electron chi connectivity index (χ0n) is 15.1. The van der Waals surface area contributed by atoms with Crippen LogP contribution in [0.1, 0.15) is 51.2 Å². The van der Waals surface area contributed by atoms with E-state index in [4.69, 9.17) is 9.47 Å². The average Bonchev–Trinajstić information content (AvgIpc) is 2.46. The summed E-state index contributed by atoms with van der Waals surface area (Å²) in [4.78, 5) is 0. The molecule has 1 aromatic rings. The summed E-state index contributed by atoms with van der Waals surface area (Å²) in [6, 6.07) is 6.55. The second-order valence-corrected chi connectivity index (χ2v) is 7.00. The first-order valence-electron chi connectivity index (χ1n) is 8.49. The van der Waals surface area contributed by atoms with E-state index in [0.717, 1.165) is 38.3 Å². The monoisotopic (exact) mass is 308 g/mol. The normalized spacial score (nSPS) is 11.7. The first-order chi connectivity index (χ1) is 10.4. The average molecular weight is 308 g/mol. The van der Waals surface area contributed by atoms with Gasteiger partial charge in [0.15, 0.2) is 0 Å². The molecule has 0 aromatic heterocycles. The molecule has 3 nitrogen and oxygen atoms in total. The first kappa shape index (κ1) is 19.0. The number of ether oxygens (including phenoxy) is 2. The number of benzene rings is 1. The number of rotatable bonds is 10. The van der Waals surface area contributed by atoms with Crippen molar-refractivity contribution in [2.75, 3.05) is 33.4 Å². The molecule has 0 bridgehead atoms. The van der Waals surface area contributed by atoms with Crippen molar-refractivity contribution in [1.82, 2.24) is 0 Å². The Kier molecular flexibility index (Phi) is 8.51. The topological polar surface area (TPSA) is 35.1 Å². The molecule has 1 rings (SSSR count). The number of nitrogens with two attached hydrogens (primary N) is 1. The van der Waals surface area contributed by atoms with Crippen LogP contribution in [0.2, 0.25) is 0 Å². The van der Waals surface area contributed by atoms with Gasteiger partial charge in [0.2, 0.25) is 0 Å². The van der Waals surface area contributed by atoms with Crippen LogP contribution in [0.4, 0.5) is 0 Å². The minimum atomic E-state index is 0.196. The summed E-state index contributed by atoms with van der Waals surface area (Å²) in [5, 5.41) is 2.36. The lowest BCUT2D eigenvalue weighted by Crippen LogP contribution is -2.84. The molecule has 2 N–H and O–H groups in total. The molecule has 0 unspecified atom stereocenters. The summed E-state index contributed by atoms with van der Waals surface area (Å²) in [6.45, 7) is 12.9. The second kappa shape index (κ2) is 9.86. The molecule has 3 heteroatoms. The van der Waals surface area contributed by atoms with E-state index in [1.165, 1.54) is 24.1 Å².